The molecule has 1 amide bonds. The van der Waals surface area contributed by atoms with Crippen LogP contribution in [0.3, 0.4) is 0 Å². The first-order valence-corrected chi connectivity index (χ1v) is 7.06. The minimum atomic E-state index is -0.167. The molecule has 0 fully saturated rings. The topological polar surface area (TPSA) is 54.4 Å². The van der Waals surface area contributed by atoms with E-state index in [1.54, 1.807) is 12.3 Å². The summed E-state index contributed by atoms with van der Waals surface area (Å²) in [7, 11) is 0. The molecule has 0 unspecified atom stereocenters. The van der Waals surface area contributed by atoms with Gasteiger partial charge in [0.1, 0.15) is 0 Å². The lowest BCUT2D eigenvalue weighted by Crippen LogP contribution is -2.19. The summed E-state index contributed by atoms with van der Waals surface area (Å²) < 4.78 is 0. The van der Waals surface area contributed by atoms with Crippen molar-refractivity contribution in [3.05, 3.63) is 58.1 Å². The monoisotopic (exact) mass is 285 g/mol. The van der Waals surface area contributed by atoms with E-state index >= 15 is 0 Å². The molecule has 0 spiro atoms. The highest BCUT2D eigenvalue weighted by Crippen LogP contribution is 2.08. The van der Waals surface area contributed by atoms with E-state index in [-0.39, 0.29) is 12.3 Å². The molecule has 0 aliphatic rings. The number of thiazole rings is 1. The Hall–Kier alpha value is -2.27. The number of hydrogen-bond donors (Lipinski definition) is 1. The first kappa shape index (κ1) is 14.1. The fraction of sp³-hybridized carbons (Fsp3) is 0.133. The standard InChI is InChI=1S/C15H15N3OS/c1-12-17-14(11-20-12)10-15(19)18-16-9-5-8-13-6-3-2-4-7-13/h2-9,11H,10H2,1H3,(H,18,19). The SMILES string of the molecule is Cc1nc(CC(=O)NN=CC=Cc2ccccc2)cs1. The number of hydrogen-bond acceptors (Lipinski definition) is 4. The molecule has 0 saturated heterocycles. The van der Waals surface area contributed by atoms with Gasteiger partial charge in [-0.15, -0.1) is 11.3 Å². The molecule has 1 heterocycles. The third kappa shape index (κ3) is 4.78. The van der Waals surface area contributed by atoms with E-state index in [0.29, 0.717) is 0 Å². The normalized spacial score (nSPS) is 11.2. The molecule has 0 aliphatic carbocycles. The van der Waals surface area contributed by atoms with Crippen LogP contribution in [0.15, 0.2) is 46.9 Å². The number of rotatable bonds is 5. The second kappa shape index (κ2) is 7.35. The predicted molar refractivity (Wildman–Crippen MR) is 82.7 cm³/mol. The van der Waals surface area contributed by atoms with E-state index in [1.165, 1.54) is 11.3 Å². The number of nitrogens with one attached hydrogen (secondary N) is 1. The summed E-state index contributed by atoms with van der Waals surface area (Å²) in [6.45, 7) is 1.92. The maximum absolute atomic E-state index is 11.6. The smallest absolute Gasteiger partial charge is 0.246 e. The molecule has 0 saturated carbocycles. The largest absolute Gasteiger partial charge is 0.273 e. The summed E-state index contributed by atoms with van der Waals surface area (Å²) in [5.41, 5.74) is 4.33. The third-order valence-corrected chi connectivity index (χ3v) is 3.27. The molecule has 0 radical (unpaired) electrons. The van der Waals surface area contributed by atoms with Gasteiger partial charge in [0.15, 0.2) is 0 Å². The van der Waals surface area contributed by atoms with Crippen LogP contribution in [-0.4, -0.2) is 17.1 Å². The van der Waals surface area contributed by atoms with Gasteiger partial charge in [-0.3, -0.25) is 4.79 Å². The van der Waals surface area contributed by atoms with Crippen LogP contribution in [0.5, 0.6) is 0 Å². The van der Waals surface area contributed by atoms with Crippen LogP contribution < -0.4 is 5.43 Å². The van der Waals surface area contributed by atoms with Gasteiger partial charge >= 0.3 is 0 Å². The Balaban J connectivity index is 1.76. The number of allylic oxidation sites excluding steroid dienone is 1. The highest BCUT2D eigenvalue weighted by molar-refractivity contribution is 7.09. The van der Waals surface area contributed by atoms with E-state index < -0.39 is 0 Å². The molecule has 5 heteroatoms. The first-order chi connectivity index (χ1) is 9.74. The Kier molecular flexibility index (Phi) is 5.20. The average Bonchev–Trinajstić information content (AvgIpc) is 2.85. The Morgan fingerprint density at radius 1 is 1.40 bits per heavy atom. The van der Waals surface area contributed by atoms with Crippen LogP contribution in [-0.2, 0) is 11.2 Å². The van der Waals surface area contributed by atoms with Gasteiger partial charge in [-0.2, -0.15) is 5.10 Å². The molecule has 2 aromatic rings. The maximum atomic E-state index is 11.6. The van der Waals surface area contributed by atoms with Gasteiger partial charge in [0.05, 0.1) is 17.1 Å². The van der Waals surface area contributed by atoms with Crippen molar-refractivity contribution in [2.45, 2.75) is 13.3 Å². The molecule has 4 nitrogen and oxygen atoms in total. The Morgan fingerprint density at radius 3 is 2.90 bits per heavy atom. The highest BCUT2D eigenvalue weighted by atomic mass is 32.1. The van der Waals surface area contributed by atoms with Gasteiger partial charge in [-0.1, -0.05) is 36.4 Å². The van der Waals surface area contributed by atoms with Crippen molar-refractivity contribution >= 4 is 29.5 Å². The second-order valence-corrected chi connectivity index (χ2v) is 5.18. The fourth-order valence-electron chi connectivity index (χ4n) is 1.56. The maximum Gasteiger partial charge on any atom is 0.246 e. The minimum absolute atomic E-state index is 0.167. The summed E-state index contributed by atoms with van der Waals surface area (Å²) in [5.74, 6) is -0.167. The van der Waals surface area contributed by atoms with Crippen LogP contribution in [0.1, 0.15) is 16.3 Å². The number of nitrogens with zero attached hydrogens (tertiary/aromatic N) is 2. The van der Waals surface area contributed by atoms with E-state index in [9.17, 15) is 4.79 Å². The summed E-state index contributed by atoms with van der Waals surface area (Å²) >= 11 is 1.54. The van der Waals surface area contributed by atoms with Crippen molar-refractivity contribution in [3.8, 4) is 0 Å². The molecule has 1 aromatic carbocycles. The Bertz CT molecular complexity index is 617. The van der Waals surface area contributed by atoms with E-state index in [4.69, 9.17) is 0 Å². The molecule has 1 N–H and O–H groups in total. The molecule has 1 aromatic heterocycles. The zero-order chi connectivity index (χ0) is 14.2. The van der Waals surface area contributed by atoms with Gasteiger partial charge < -0.3 is 0 Å². The molecule has 2 rings (SSSR count). The lowest BCUT2D eigenvalue weighted by molar-refractivity contribution is -0.120. The van der Waals surface area contributed by atoms with Crippen molar-refractivity contribution < 1.29 is 4.79 Å². The number of carbonyl (C=O) groups is 1. The van der Waals surface area contributed by atoms with Crippen LogP contribution in [0.4, 0.5) is 0 Å². The third-order valence-electron chi connectivity index (χ3n) is 2.45. The van der Waals surface area contributed by atoms with Crippen LogP contribution in [0.2, 0.25) is 0 Å². The summed E-state index contributed by atoms with van der Waals surface area (Å²) in [6.07, 6.45) is 5.50. The molecule has 0 aliphatic heterocycles. The highest BCUT2D eigenvalue weighted by Gasteiger charge is 2.04. The van der Waals surface area contributed by atoms with Gasteiger partial charge in [0, 0.05) is 11.6 Å². The molecule has 102 valence electrons. The Labute approximate surface area is 121 Å². The van der Waals surface area contributed by atoms with E-state index in [2.05, 4.69) is 15.5 Å². The van der Waals surface area contributed by atoms with E-state index in [1.807, 2.05) is 48.7 Å². The number of amides is 1. The van der Waals surface area contributed by atoms with Crippen LogP contribution >= 0.6 is 11.3 Å². The summed E-state index contributed by atoms with van der Waals surface area (Å²) in [5, 5.41) is 6.70. The Morgan fingerprint density at radius 2 is 2.20 bits per heavy atom. The molecule has 0 bridgehead atoms. The van der Waals surface area contributed by atoms with E-state index in [0.717, 1.165) is 16.3 Å². The van der Waals surface area contributed by atoms with Crippen LogP contribution in [0.25, 0.3) is 6.08 Å². The van der Waals surface area contributed by atoms with Crippen molar-refractivity contribution in [1.82, 2.24) is 10.4 Å². The van der Waals surface area contributed by atoms with Gasteiger partial charge in [-0.05, 0) is 18.6 Å². The molecule has 20 heavy (non-hydrogen) atoms. The zero-order valence-electron chi connectivity index (χ0n) is 11.1. The van der Waals surface area contributed by atoms with Crippen molar-refractivity contribution in [1.29, 1.82) is 0 Å². The number of carbonyl (C=O) groups excluding carboxylic acids is 1. The number of benzene rings is 1. The van der Waals surface area contributed by atoms with Crippen molar-refractivity contribution in [3.63, 3.8) is 0 Å². The summed E-state index contributed by atoms with van der Waals surface area (Å²) in [6, 6.07) is 9.88. The molecular formula is C15H15N3OS. The second-order valence-electron chi connectivity index (χ2n) is 4.12. The molecule has 0 atom stereocenters. The van der Waals surface area contributed by atoms with Crippen molar-refractivity contribution in [2.75, 3.05) is 0 Å². The molecular weight excluding hydrogens is 270 g/mol. The predicted octanol–water partition coefficient (Wildman–Crippen LogP) is 2.81. The fourth-order valence-corrected chi connectivity index (χ4v) is 2.18. The number of hydrazone groups is 1. The number of aromatic nitrogens is 1. The van der Waals surface area contributed by atoms with Gasteiger partial charge in [0.25, 0.3) is 0 Å². The quantitative estimate of drug-likeness (QED) is 0.678. The average molecular weight is 285 g/mol. The zero-order valence-corrected chi connectivity index (χ0v) is 11.9. The van der Waals surface area contributed by atoms with Gasteiger partial charge in [-0.25, -0.2) is 10.4 Å². The lowest BCUT2D eigenvalue weighted by atomic mass is 10.2. The number of aryl methyl sites for hydroxylation is 1. The first-order valence-electron chi connectivity index (χ1n) is 6.18. The lowest BCUT2D eigenvalue weighted by Gasteiger charge is -1.95. The minimum Gasteiger partial charge on any atom is -0.273 e. The van der Waals surface area contributed by atoms with Crippen molar-refractivity contribution in [2.24, 2.45) is 5.10 Å². The van der Waals surface area contributed by atoms with Gasteiger partial charge in [0.2, 0.25) is 5.91 Å². The van der Waals surface area contributed by atoms with Crippen LogP contribution in [0, 0.1) is 6.92 Å². The summed E-state index contributed by atoms with van der Waals surface area (Å²) in [4.78, 5) is 15.8.